The van der Waals surface area contributed by atoms with E-state index in [0.29, 0.717) is 16.9 Å². The van der Waals surface area contributed by atoms with Crippen molar-refractivity contribution in [3.8, 4) is 11.3 Å². The molecule has 158 valence electrons. The summed E-state index contributed by atoms with van der Waals surface area (Å²) in [5, 5.41) is 16.8. The fraction of sp³-hybridized carbons (Fsp3) is 0.238. The van der Waals surface area contributed by atoms with Crippen molar-refractivity contribution in [3.05, 3.63) is 63.7 Å². The molecule has 6 nitrogen and oxygen atoms in total. The van der Waals surface area contributed by atoms with E-state index in [9.17, 15) is 9.18 Å². The monoisotopic (exact) mass is 471 g/mol. The van der Waals surface area contributed by atoms with Crippen LogP contribution in [-0.4, -0.2) is 31.4 Å². The fourth-order valence-electron chi connectivity index (χ4n) is 3.16. The van der Waals surface area contributed by atoms with E-state index in [1.165, 1.54) is 40.1 Å². The van der Waals surface area contributed by atoms with Gasteiger partial charge in [0.25, 0.3) is 0 Å². The van der Waals surface area contributed by atoms with Crippen LogP contribution in [-0.2, 0) is 11.2 Å². The molecule has 0 bridgehead atoms. The van der Waals surface area contributed by atoms with Gasteiger partial charge in [-0.2, -0.15) is 0 Å². The highest BCUT2D eigenvalue weighted by molar-refractivity contribution is 7.99. The Morgan fingerprint density at radius 1 is 1.19 bits per heavy atom. The Balaban J connectivity index is 1.21. The number of amides is 1. The number of rotatable bonds is 8. The zero-order valence-electron chi connectivity index (χ0n) is 16.3. The van der Waals surface area contributed by atoms with Gasteiger partial charge in [-0.05, 0) is 48.6 Å². The molecule has 0 unspecified atom stereocenters. The summed E-state index contributed by atoms with van der Waals surface area (Å²) in [5.41, 5.74) is 1.52. The molecule has 1 aliphatic rings. The third-order valence-corrected chi connectivity index (χ3v) is 7.36. The molecule has 4 aromatic rings. The molecule has 1 N–H and O–H groups in total. The van der Waals surface area contributed by atoms with Gasteiger partial charge in [-0.15, -0.1) is 32.9 Å². The largest absolute Gasteiger partial charge is 0.303 e. The second kappa shape index (κ2) is 8.89. The summed E-state index contributed by atoms with van der Waals surface area (Å²) >= 11 is 4.45. The van der Waals surface area contributed by atoms with Crippen LogP contribution < -0.4 is 5.32 Å². The Labute approximate surface area is 190 Å². The first-order chi connectivity index (χ1) is 15.2. The third kappa shape index (κ3) is 4.86. The summed E-state index contributed by atoms with van der Waals surface area (Å²) in [6.07, 6.45) is 3.01. The normalized spacial score (nSPS) is 13.5. The number of hydrogen-bond donors (Lipinski definition) is 1. The number of hydrogen-bond acceptors (Lipinski definition) is 7. The third-order valence-electron chi connectivity index (χ3n) is 4.78. The second-order valence-corrected chi connectivity index (χ2v) is 9.97. The maximum Gasteiger partial charge on any atom is 0.236 e. The zero-order valence-corrected chi connectivity index (χ0v) is 18.8. The average Bonchev–Trinajstić information content (AvgIpc) is 3.15. The number of halogens is 1. The number of thioether (sulfide) groups is 1. The van der Waals surface area contributed by atoms with Crippen molar-refractivity contribution in [2.75, 3.05) is 11.1 Å². The predicted octanol–water partition coefficient (Wildman–Crippen LogP) is 5.26. The number of benzene rings is 1. The van der Waals surface area contributed by atoms with Crippen LogP contribution in [0.25, 0.3) is 11.3 Å². The summed E-state index contributed by atoms with van der Waals surface area (Å²) in [4.78, 5) is 18.1. The summed E-state index contributed by atoms with van der Waals surface area (Å²) in [6.45, 7) is 0. The van der Waals surface area contributed by atoms with Crippen molar-refractivity contribution >= 4 is 45.5 Å². The highest BCUT2D eigenvalue weighted by atomic mass is 32.2. The lowest BCUT2D eigenvalue weighted by Crippen LogP contribution is -2.14. The summed E-state index contributed by atoms with van der Waals surface area (Å²) in [5.74, 6) is 0.754. The number of anilines is 1. The van der Waals surface area contributed by atoms with Crippen molar-refractivity contribution < 1.29 is 9.18 Å². The molecule has 1 saturated carbocycles. The van der Waals surface area contributed by atoms with Gasteiger partial charge in [0.15, 0.2) is 10.3 Å². The van der Waals surface area contributed by atoms with E-state index in [-0.39, 0.29) is 17.5 Å². The number of nitrogens with zero attached hydrogens (tertiary/aromatic N) is 4. The van der Waals surface area contributed by atoms with Crippen LogP contribution in [0.1, 0.15) is 29.6 Å². The van der Waals surface area contributed by atoms with E-state index < -0.39 is 0 Å². The van der Waals surface area contributed by atoms with Gasteiger partial charge in [0.05, 0.1) is 11.4 Å². The van der Waals surface area contributed by atoms with Crippen LogP contribution in [0, 0.1) is 5.82 Å². The summed E-state index contributed by atoms with van der Waals surface area (Å²) in [7, 11) is 0. The van der Waals surface area contributed by atoms with Crippen LogP contribution in [0.5, 0.6) is 0 Å². The van der Waals surface area contributed by atoms with Crippen LogP contribution in [0.15, 0.2) is 52.3 Å². The smallest absolute Gasteiger partial charge is 0.236 e. The van der Waals surface area contributed by atoms with E-state index in [0.717, 1.165) is 35.8 Å². The Morgan fingerprint density at radius 3 is 2.77 bits per heavy atom. The molecular formula is C21H18FN5OS3. The number of aromatic nitrogens is 4. The first kappa shape index (κ1) is 20.3. The molecule has 0 saturated heterocycles. The number of nitrogens with one attached hydrogen (secondary N) is 1. The van der Waals surface area contributed by atoms with E-state index in [2.05, 4.69) is 36.5 Å². The van der Waals surface area contributed by atoms with E-state index >= 15 is 0 Å². The van der Waals surface area contributed by atoms with Crippen molar-refractivity contribution in [2.24, 2.45) is 0 Å². The van der Waals surface area contributed by atoms with Gasteiger partial charge >= 0.3 is 0 Å². The molecule has 31 heavy (non-hydrogen) atoms. The minimum Gasteiger partial charge on any atom is -0.303 e. The van der Waals surface area contributed by atoms with E-state index in [1.54, 1.807) is 23.5 Å². The molecular weight excluding hydrogens is 453 g/mol. The van der Waals surface area contributed by atoms with Crippen LogP contribution in [0.3, 0.4) is 0 Å². The van der Waals surface area contributed by atoms with Gasteiger partial charge in [0.1, 0.15) is 11.6 Å². The number of carbonyl (C=O) groups is 1. The van der Waals surface area contributed by atoms with Crippen molar-refractivity contribution in [3.63, 3.8) is 0 Å². The van der Waals surface area contributed by atoms with E-state index in [4.69, 9.17) is 0 Å². The second-order valence-electron chi connectivity index (χ2n) is 7.14. The highest BCUT2D eigenvalue weighted by Gasteiger charge is 2.30. The van der Waals surface area contributed by atoms with Crippen molar-refractivity contribution in [2.45, 2.75) is 30.5 Å². The Hall–Kier alpha value is -2.56. The molecule has 0 radical (unpaired) electrons. The Bertz CT molecular complexity index is 1180. The molecule has 5 rings (SSSR count). The highest BCUT2D eigenvalue weighted by Crippen LogP contribution is 2.39. The van der Waals surface area contributed by atoms with Crippen LogP contribution >= 0.6 is 34.4 Å². The van der Waals surface area contributed by atoms with Gasteiger partial charge in [0, 0.05) is 28.3 Å². The number of thiophene rings is 1. The van der Waals surface area contributed by atoms with Gasteiger partial charge in [-0.25, -0.2) is 9.37 Å². The zero-order chi connectivity index (χ0) is 21.2. The first-order valence-corrected chi connectivity index (χ1v) is 12.5. The van der Waals surface area contributed by atoms with Gasteiger partial charge in [-0.1, -0.05) is 17.8 Å². The molecule has 10 heteroatoms. The summed E-state index contributed by atoms with van der Waals surface area (Å²) in [6, 6.07) is 10.7. The van der Waals surface area contributed by atoms with Gasteiger partial charge in [-0.3, -0.25) is 4.79 Å². The van der Waals surface area contributed by atoms with Crippen molar-refractivity contribution in [1.82, 2.24) is 19.7 Å². The minimum atomic E-state index is -0.290. The topological polar surface area (TPSA) is 72.7 Å². The van der Waals surface area contributed by atoms with Crippen molar-refractivity contribution in [1.29, 1.82) is 0 Å². The van der Waals surface area contributed by atoms with Crippen LogP contribution in [0.2, 0.25) is 0 Å². The molecule has 1 amide bonds. The number of carbonyl (C=O) groups excluding carboxylic acids is 1. The maximum atomic E-state index is 13.1. The van der Waals surface area contributed by atoms with Crippen LogP contribution in [0.4, 0.5) is 9.52 Å². The molecule has 0 atom stereocenters. The first-order valence-electron chi connectivity index (χ1n) is 9.76. The average molecular weight is 472 g/mol. The molecule has 1 aliphatic carbocycles. The molecule has 1 fully saturated rings. The molecule has 0 spiro atoms. The quantitative estimate of drug-likeness (QED) is 0.355. The number of thiazole rings is 1. The SMILES string of the molecule is O=C(CSc1nnc(Cc2cccs2)n1C1CC1)Nc1nc(-c2ccc(F)cc2)cs1. The lowest BCUT2D eigenvalue weighted by Gasteiger charge is -2.08. The van der Waals surface area contributed by atoms with E-state index in [1.807, 2.05) is 11.4 Å². The lowest BCUT2D eigenvalue weighted by molar-refractivity contribution is -0.113. The van der Waals surface area contributed by atoms with Gasteiger partial charge < -0.3 is 9.88 Å². The Kier molecular flexibility index (Phi) is 5.84. The fourth-order valence-corrected chi connectivity index (χ4v) is 5.43. The maximum absolute atomic E-state index is 13.1. The standard InChI is InChI=1S/C21H18FN5OS3/c22-14-5-3-13(4-6-14)17-11-30-20(23-17)24-19(28)12-31-21-26-25-18(27(21)15-7-8-15)10-16-2-1-9-29-16/h1-6,9,11,15H,7-8,10,12H2,(H,23,24,28). The Morgan fingerprint density at radius 2 is 2.03 bits per heavy atom. The molecule has 3 heterocycles. The predicted molar refractivity (Wildman–Crippen MR) is 122 cm³/mol. The summed E-state index contributed by atoms with van der Waals surface area (Å²) < 4.78 is 15.3. The molecule has 0 aliphatic heterocycles. The lowest BCUT2D eigenvalue weighted by atomic mass is 10.2. The molecule has 1 aromatic carbocycles. The molecule has 3 aromatic heterocycles. The van der Waals surface area contributed by atoms with Gasteiger partial charge in [0.2, 0.25) is 5.91 Å². The minimum absolute atomic E-state index is 0.143.